The fourth-order valence-electron chi connectivity index (χ4n) is 2.21. The van der Waals surface area contributed by atoms with Crippen LogP contribution in [-0.4, -0.2) is 42.2 Å². The number of aliphatic hydroxyl groups excluding tert-OH is 1. The van der Waals surface area contributed by atoms with Gasteiger partial charge < -0.3 is 14.7 Å². The van der Waals surface area contributed by atoms with E-state index in [9.17, 15) is 5.11 Å². The van der Waals surface area contributed by atoms with Crippen LogP contribution in [0.4, 0.5) is 5.82 Å². The number of nitrogens with zero attached hydrogens (tertiary/aromatic N) is 3. The lowest BCUT2D eigenvalue weighted by Crippen LogP contribution is -2.25. The van der Waals surface area contributed by atoms with E-state index in [0.717, 1.165) is 29.3 Å². The van der Waals surface area contributed by atoms with Gasteiger partial charge in [0.2, 0.25) is 0 Å². The third kappa shape index (κ3) is 2.84. The molecule has 0 saturated heterocycles. The number of rotatable bonds is 6. The predicted molar refractivity (Wildman–Crippen MR) is 79.4 cm³/mol. The molecule has 0 bridgehead atoms. The van der Waals surface area contributed by atoms with E-state index in [1.165, 1.54) is 0 Å². The van der Waals surface area contributed by atoms with E-state index in [4.69, 9.17) is 4.74 Å². The second-order valence-electron chi connectivity index (χ2n) is 4.71. The number of methoxy groups -OCH3 is 1. The zero-order chi connectivity index (χ0) is 14.5. The standard InChI is InChI=1S/C15H21N3O2/c1-12-14(11-19)15(17(2)9-10-20-3)18(16-12)13-7-5-4-6-8-13/h4-8,19H,9-11H2,1-3H3. The van der Waals surface area contributed by atoms with E-state index in [1.807, 2.05) is 49.0 Å². The van der Waals surface area contributed by atoms with Crippen LogP contribution >= 0.6 is 0 Å². The largest absolute Gasteiger partial charge is 0.391 e. The molecule has 0 radical (unpaired) electrons. The first-order valence-corrected chi connectivity index (χ1v) is 6.64. The number of aliphatic hydroxyl groups is 1. The van der Waals surface area contributed by atoms with Crippen LogP contribution in [0.5, 0.6) is 0 Å². The van der Waals surface area contributed by atoms with Crippen LogP contribution in [0, 0.1) is 6.92 Å². The van der Waals surface area contributed by atoms with Crippen LogP contribution in [-0.2, 0) is 11.3 Å². The third-order valence-electron chi connectivity index (χ3n) is 3.31. The van der Waals surface area contributed by atoms with Crippen LogP contribution in [0.2, 0.25) is 0 Å². The minimum Gasteiger partial charge on any atom is -0.391 e. The van der Waals surface area contributed by atoms with Crippen molar-refractivity contribution in [3.05, 3.63) is 41.6 Å². The van der Waals surface area contributed by atoms with E-state index in [0.29, 0.717) is 6.61 Å². The number of hydrogen-bond acceptors (Lipinski definition) is 4. The lowest BCUT2D eigenvalue weighted by molar-refractivity contribution is 0.206. The zero-order valence-electron chi connectivity index (χ0n) is 12.2. The number of para-hydroxylation sites is 1. The highest BCUT2D eigenvalue weighted by Gasteiger charge is 2.18. The van der Waals surface area contributed by atoms with Crippen molar-refractivity contribution in [1.82, 2.24) is 9.78 Å². The average Bonchev–Trinajstić information content (AvgIpc) is 2.82. The number of aryl methyl sites for hydroxylation is 1. The summed E-state index contributed by atoms with van der Waals surface area (Å²) < 4.78 is 7.00. The molecule has 0 fully saturated rings. The van der Waals surface area contributed by atoms with Crippen molar-refractivity contribution in [3.8, 4) is 5.69 Å². The SMILES string of the molecule is COCCN(C)c1c(CO)c(C)nn1-c1ccccc1. The van der Waals surface area contributed by atoms with Gasteiger partial charge >= 0.3 is 0 Å². The van der Waals surface area contributed by atoms with E-state index in [2.05, 4.69) is 10.00 Å². The Morgan fingerprint density at radius 3 is 2.60 bits per heavy atom. The summed E-state index contributed by atoms with van der Waals surface area (Å²) in [5.41, 5.74) is 2.68. The molecule has 0 spiro atoms. The smallest absolute Gasteiger partial charge is 0.138 e. The maximum atomic E-state index is 9.62. The maximum absolute atomic E-state index is 9.62. The molecule has 1 aromatic heterocycles. The van der Waals surface area contributed by atoms with Gasteiger partial charge in [0.1, 0.15) is 5.82 Å². The topological polar surface area (TPSA) is 50.5 Å². The fourth-order valence-corrected chi connectivity index (χ4v) is 2.21. The lowest BCUT2D eigenvalue weighted by atomic mass is 10.2. The first-order valence-electron chi connectivity index (χ1n) is 6.64. The van der Waals surface area contributed by atoms with Crippen LogP contribution in [0.1, 0.15) is 11.3 Å². The Morgan fingerprint density at radius 2 is 2.00 bits per heavy atom. The van der Waals surface area contributed by atoms with Gasteiger partial charge in [-0.3, -0.25) is 0 Å². The van der Waals surface area contributed by atoms with Crippen LogP contribution in [0.25, 0.3) is 5.69 Å². The van der Waals surface area contributed by atoms with Crippen molar-refractivity contribution >= 4 is 5.82 Å². The molecule has 1 N–H and O–H groups in total. The number of ether oxygens (including phenoxy) is 1. The van der Waals surface area contributed by atoms with E-state index in [1.54, 1.807) is 7.11 Å². The third-order valence-corrected chi connectivity index (χ3v) is 3.31. The zero-order valence-corrected chi connectivity index (χ0v) is 12.2. The fraction of sp³-hybridized carbons (Fsp3) is 0.400. The number of hydrogen-bond donors (Lipinski definition) is 1. The van der Waals surface area contributed by atoms with Gasteiger partial charge in [-0.1, -0.05) is 18.2 Å². The number of aromatic nitrogens is 2. The van der Waals surface area contributed by atoms with Crippen molar-refractivity contribution < 1.29 is 9.84 Å². The van der Waals surface area contributed by atoms with E-state index >= 15 is 0 Å². The summed E-state index contributed by atoms with van der Waals surface area (Å²) in [6.07, 6.45) is 0. The lowest BCUT2D eigenvalue weighted by Gasteiger charge is -2.21. The summed E-state index contributed by atoms with van der Waals surface area (Å²) in [6.45, 7) is 3.26. The Bertz CT molecular complexity index is 552. The Hall–Kier alpha value is -1.85. The number of benzene rings is 1. The van der Waals surface area contributed by atoms with Crippen molar-refractivity contribution in [2.75, 3.05) is 32.2 Å². The molecule has 0 aliphatic rings. The molecule has 2 aromatic rings. The van der Waals surface area contributed by atoms with E-state index < -0.39 is 0 Å². The Labute approximate surface area is 119 Å². The van der Waals surface area contributed by atoms with Crippen molar-refractivity contribution in [2.24, 2.45) is 0 Å². The van der Waals surface area contributed by atoms with Crippen molar-refractivity contribution in [3.63, 3.8) is 0 Å². The summed E-state index contributed by atoms with van der Waals surface area (Å²) >= 11 is 0. The van der Waals surface area contributed by atoms with Gasteiger partial charge in [-0.05, 0) is 19.1 Å². The average molecular weight is 275 g/mol. The van der Waals surface area contributed by atoms with Gasteiger partial charge in [0.15, 0.2) is 0 Å². The highest BCUT2D eigenvalue weighted by Crippen LogP contribution is 2.26. The quantitative estimate of drug-likeness (QED) is 0.872. The molecule has 1 aromatic carbocycles. The van der Waals surface area contributed by atoms with Gasteiger partial charge in [0.25, 0.3) is 0 Å². The Kier molecular flexibility index (Phi) is 4.76. The summed E-state index contributed by atoms with van der Waals surface area (Å²) in [4.78, 5) is 2.06. The minimum atomic E-state index is -0.0225. The normalized spacial score (nSPS) is 10.8. The van der Waals surface area contributed by atoms with Crippen molar-refractivity contribution in [2.45, 2.75) is 13.5 Å². The summed E-state index contributed by atoms with van der Waals surface area (Å²) in [7, 11) is 3.66. The van der Waals surface area contributed by atoms with Gasteiger partial charge in [-0.25, -0.2) is 4.68 Å². The van der Waals surface area contributed by atoms with Gasteiger partial charge in [0.05, 0.1) is 24.6 Å². The number of anilines is 1. The Morgan fingerprint density at radius 1 is 1.30 bits per heavy atom. The highest BCUT2D eigenvalue weighted by molar-refractivity contribution is 5.54. The molecule has 5 heteroatoms. The summed E-state index contributed by atoms with van der Waals surface area (Å²) in [5, 5.41) is 14.2. The predicted octanol–water partition coefficient (Wildman–Crippen LogP) is 1.76. The molecule has 20 heavy (non-hydrogen) atoms. The molecule has 0 unspecified atom stereocenters. The monoisotopic (exact) mass is 275 g/mol. The molecule has 0 amide bonds. The van der Waals surface area contributed by atoms with Crippen LogP contribution < -0.4 is 4.90 Å². The first-order chi connectivity index (χ1) is 9.69. The molecular weight excluding hydrogens is 254 g/mol. The maximum Gasteiger partial charge on any atom is 0.138 e. The molecule has 0 atom stereocenters. The summed E-state index contributed by atoms with van der Waals surface area (Å²) in [6, 6.07) is 9.93. The molecule has 0 saturated carbocycles. The second kappa shape index (κ2) is 6.54. The van der Waals surface area contributed by atoms with Gasteiger partial charge in [-0.2, -0.15) is 5.10 Å². The molecule has 1 heterocycles. The van der Waals surface area contributed by atoms with E-state index in [-0.39, 0.29) is 6.61 Å². The minimum absolute atomic E-state index is 0.0225. The van der Waals surface area contributed by atoms with Crippen LogP contribution in [0.15, 0.2) is 30.3 Å². The number of likely N-dealkylation sites (N-methyl/N-ethyl adjacent to an activating group) is 1. The molecule has 108 valence electrons. The molecule has 5 nitrogen and oxygen atoms in total. The van der Waals surface area contributed by atoms with Gasteiger partial charge in [-0.15, -0.1) is 0 Å². The van der Waals surface area contributed by atoms with Crippen molar-refractivity contribution in [1.29, 1.82) is 0 Å². The molecule has 2 rings (SSSR count). The molecule has 0 aliphatic heterocycles. The second-order valence-corrected chi connectivity index (χ2v) is 4.71. The summed E-state index contributed by atoms with van der Waals surface area (Å²) in [5.74, 6) is 0.910. The molecule has 0 aliphatic carbocycles. The first kappa shape index (κ1) is 14.6. The highest BCUT2D eigenvalue weighted by atomic mass is 16.5. The Balaban J connectivity index is 2.46. The van der Waals surface area contributed by atoms with Crippen LogP contribution in [0.3, 0.4) is 0 Å². The van der Waals surface area contributed by atoms with Gasteiger partial charge in [0, 0.05) is 26.3 Å². The molecular formula is C15H21N3O2.